The number of carbonyl (C=O) groups excluding carboxylic acids is 3. The van der Waals surface area contributed by atoms with Gasteiger partial charge in [0.25, 0.3) is 5.91 Å². The summed E-state index contributed by atoms with van der Waals surface area (Å²) in [6.45, 7) is 7.24. The molecule has 1 aromatic rings. The minimum absolute atomic E-state index is 0.206. The number of amidine groups is 1. The summed E-state index contributed by atoms with van der Waals surface area (Å²) in [6.07, 6.45) is 0.791. The molecule has 7 nitrogen and oxygen atoms in total. The van der Waals surface area contributed by atoms with Crippen LogP contribution in [0.5, 0.6) is 0 Å². The van der Waals surface area contributed by atoms with Crippen LogP contribution in [0.25, 0.3) is 0 Å². The Hall–Kier alpha value is -2.35. The molecule has 0 saturated heterocycles. The van der Waals surface area contributed by atoms with Gasteiger partial charge in [-0.3, -0.25) is 14.4 Å². The number of amides is 3. The molecule has 1 atom stereocenters. The zero-order valence-corrected chi connectivity index (χ0v) is 15.4. The van der Waals surface area contributed by atoms with Gasteiger partial charge >= 0.3 is 0 Å². The summed E-state index contributed by atoms with van der Waals surface area (Å²) >= 11 is 1.11. The van der Waals surface area contributed by atoms with E-state index in [9.17, 15) is 14.4 Å². The summed E-state index contributed by atoms with van der Waals surface area (Å²) < 4.78 is 0. The van der Waals surface area contributed by atoms with Crippen molar-refractivity contribution in [3.8, 4) is 0 Å². The van der Waals surface area contributed by atoms with Crippen LogP contribution in [0, 0.1) is 6.92 Å². The molecule has 0 aromatic heterocycles. The first-order chi connectivity index (χ1) is 11.8. The maximum Gasteiger partial charge on any atom is 0.270 e. The molecule has 0 fully saturated rings. The van der Waals surface area contributed by atoms with Crippen molar-refractivity contribution in [1.29, 1.82) is 0 Å². The molecular formula is C17H20N4O3S. The molecule has 0 aliphatic carbocycles. The van der Waals surface area contributed by atoms with Crippen LogP contribution < -0.4 is 10.2 Å². The number of fused-ring (bicyclic) bond motifs is 2. The summed E-state index contributed by atoms with van der Waals surface area (Å²) in [4.78, 5) is 37.5. The van der Waals surface area contributed by atoms with E-state index in [1.165, 1.54) is 18.9 Å². The first-order valence-electron chi connectivity index (χ1n) is 8.11. The highest BCUT2D eigenvalue weighted by molar-refractivity contribution is 8.15. The lowest BCUT2D eigenvalue weighted by molar-refractivity contribution is -0.139. The van der Waals surface area contributed by atoms with Crippen LogP contribution in [0.3, 0.4) is 0 Å². The van der Waals surface area contributed by atoms with E-state index in [2.05, 4.69) is 10.4 Å². The smallest absolute Gasteiger partial charge is 0.270 e. The van der Waals surface area contributed by atoms with E-state index >= 15 is 0 Å². The van der Waals surface area contributed by atoms with Gasteiger partial charge in [0, 0.05) is 26.0 Å². The predicted octanol–water partition coefficient (Wildman–Crippen LogP) is 1.91. The van der Waals surface area contributed by atoms with E-state index < -0.39 is 4.87 Å². The van der Waals surface area contributed by atoms with Gasteiger partial charge in [0.15, 0.2) is 5.17 Å². The monoisotopic (exact) mass is 360 g/mol. The molecule has 2 aliphatic heterocycles. The molecule has 0 radical (unpaired) electrons. The van der Waals surface area contributed by atoms with Gasteiger partial charge in [-0.1, -0.05) is 25.1 Å². The first-order valence-corrected chi connectivity index (χ1v) is 8.92. The number of nitrogens with zero attached hydrogens (tertiary/aromatic N) is 3. The van der Waals surface area contributed by atoms with Gasteiger partial charge in [-0.05, 0) is 30.7 Å². The van der Waals surface area contributed by atoms with Crippen LogP contribution >= 0.6 is 11.8 Å². The maximum atomic E-state index is 13.4. The van der Waals surface area contributed by atoms with Crippen LogP contribution in [-0.2, 0) is 19.3 Å². The largest absolute Gasteiger partial charge is 0.309 e. The summed E-state index contributed by atoms with van der Waals surface area (Å²) in [5.74, 6) is -0.859. The molecule has 1 N–H and O–H groups in total. The zero-order chi connectivity index (χ0) is 18.4. The zero-order valence-electron chi connectivity index (χ0n) is 14.6. The van der Waals surface area contributed by atoms with Gasteiger partial charge in [0.1, 0.15) is 0 Å². The lowest BCUT2D eigenvalue weighted by atomic mass is 10.0. The molecule has 2 aliphatic rings. The van der Waals surface area contributed by atoms with E-state index in [1.54, 1.807) is 4.90 Å². The number of carbonyl (C=O) groups is 3. The number of nitrogens with one attached hydrogen (secondary N) is 1. The van der Waals surface area contributed by atoms with Gasteiger partial charge in [-0.2, -0.15) is 5.01 Å². The molecule has 3 rings (SSSR count). The number of anilines is 1. The maximum absolute atomic E-state index is 13.4. The highest BCUT2D eigenvalue weighted by atomic mass is 32.2. The quantitative estimate of drug-likeness (QED) is 0.873. The van der Waals surface area contributed by atoms with Crippen LogP contribution in [0.1, 0.15) is 38.3 Å². The summed E-state index contributed by atoms with van der Waals surface area (Å²) in [7, 11) is 0. The minimum Gasteiger partial charge on any atom is -0.309 e. The topological polar surface area (TPSA) is 82.1 Å². The Bertz CT molecular complexity index is 807. The molecule has 2 heterocycles. The predicted molar refractivity (Wildman–Crippen MR) is 96.9 cm³/mol. The van der Waals surface area contributed by atoms with Crippen LogP contribution in [0.15, 0.2) is 23.3 Å². The van der Waals surface area contributed by atoms with Crippen molar-refractivity contribution in [2.24, 2.45) is 5.10 Å². The summed E-state index contributed by atoms with van der Waals surface area (Å²) in [5.41, 5.74) is 2.52. The molecule has 3 amide bonds. The second-order valence-electron chi connectivity index (χ2n) is 6.09. The molecule has 8 heteroatoms. The molecule has 0 bridgehead atoms. The minimum atomic E-state index is -1.29. The fourth-order valence-electron chi connectivity index (χ4n) is 3.29. The highest BCUT2D eigenvalue weighted by Crippen LogP contribution is 2.55. The Labute approximate surface area is 150 Å². The first kappa shape index (κ1) is 17.5. The van der Waals surface area contributed by atoms with E-state index in [1.807, 2.05) is 32.0 Å². The molecule has 1 aromatic carbocycles. The number of para-hydroxylation sites is 1. The number of hydrogen-bond donors (Lipinski definition) is 1. The van der Waals surface area contributed by atoms with Gasteiger partial charge in [0.2, 0.25) is 16.7 Å². The Balaban J connectivity index is 2.18. The highest BCUT2D eigenvalue weighted by Gasteiger charge is 2.61. The van der Waals surface area contributed by atoms with E-state index in [0.29, 0.717) is 6.54 Å². The van der Waals surface area contributed by atoms with Crippen molar-refractivity contribution >= 4 is 40.3 Å². The Kier molecular flexibility index (Phi) is 4.32. The number of benzene rings is 1. The average Bonchev–Trinajstić information content (AvgIpc) is 3.01. The van der Waals surface area contributed by atoms with E-state index in [4.69, 9.17) is 0 Å². The summed E-state index contributed by atoms with van der Waals surface area (Å²) in [6, 6.07) is 5.67. The van der Waals surface area contributed by atoms with E-state index in [0.717, 1.165) is 35.0 Å². The average molecular weight is 360 g/mol. The van der Waals surface area contributed by atoms with Crippen molar-refractivity contribution in [1.82, 2.24) is 10.3 Å². The van der Waals surface area contributed by atoms with Crippen molar-refractivity contribution in [3.63, 3.8) is 0 Å². The molecule has 132 valence electrons. The third-order valence-corrected chi connectivity index (χ3v) is 5.41. The van der Waals surface area contributed by atoms with Crippen LogP contribution in [-0.4, -0.2) is 34.4 Å². The number of hydrogen-bond acceptors (Lipinski definition) is 5. The second-order valence-corrected chi connectivity index (χ2v) is 7.27. The fraction of sp³-hybridized carbons (Fsp3) is 0.412. The second kappa shape index (κ2) is 6.18. The Morgan fingerprint density at radius 2 is 2.04 bits per heavy atom. The number of thioether (sulfide) groups is 1. The summed E-state index contributed by atoms with van der Waals surface area (Å²) in [5, 5.41) is 8.27. The number of rotatable bonds is 2. The Morgan fingerprint density at radius 3 is 2.64 bits per heavy atom. The van der Waals surface area contributed by atoms with Crippen LogP contribution in [0.2, 0.25) is 0 Å². The van der Waals surface area contributed by atoms with Crippen LogP contribution in [0.4, 0.5) is 5.69 Å². The molecule has 0 saturated carbocycles. The molecular weight excluding hydrogens is 340 g/mol. The van der Waals surface area contributed by atoms with Gasteiger partial charge in [-0.15, -0.1) is 5.10 Å². The van der Waals surface area contributed by atoms with E-state index in [-0.39, 0.29) is 22.9 Å². The molecule has 1 spiro atoms. The van der Waals surface area contributed by atoms with Crippen molar-refractivity contribution in [2.75, 3.05) is 11.4 Å². The van der Waals surface area contributed by atoms with Gasteiger partial charge < -0.3 is 10.2 Å². The third-order valence-electron chi connectivity index (χ3n) is 4.17. The standard InChI is InChI=1S/C17H20N4O3S/c1-5-9-20-14-10(2)7-6-8-13(14)17(15(20)24)21(12(4)23)19-16(25-17)18-11(3)22/h6-8H,5,9H2,1-4H3,(H,18,19,22)/t17-/m1/s1. The van der Waals surface area contributed by atoms with Crippen molar-refractivity contribution in [2.45, 2.75) is 39.0 Å². The normalized spacial score (nSPS) is 21.6. The lowest BCUT2D eigenvalue weighted by Gasteiger charge is -2.29. The molecule has 25 heavy (non-hydrogen) atoms. The SMILES string of the molecule is CCCN1C(=O)[C@]2(SC(NC(C)=O)=NN2C(C)=O)c2cccc(C)c21. The van der Waals surface area contributed by atoms with Crippen molar-refractivity contribution in [3.05, 3.63) is 29.3 Å². The third kappa shape index (κ3) is 2.52. The lowest BCUT2D eigenvalue weighted by Crippen LogP contribution is -2.48. The fourth-order valence-corrected chi connectivity index (χ4v) is 4.61. The van der Waals surface area contributed by atoms with Gasteiger partial charge in [-0.25, -0.2) is 0 Å². The Morgan fingerprint density at radius 1 is 1.32 bits per heavy atom. The van der Waals surface area contributed by atoms with Crippen molar-refractivity contribution < 1.29 is 14.4 Å². The number of aryl methyl sites for hydroxylation is 1. The molecule has 0 unspecified atom stereocenters. The number of hydrazone groups is 1. The van der Waals surface area contributed by atoms with Gasteiger partial charge in [0.05, 0.1) is 5.69 Å².